The summed E-state index contributed by atoms with van der Waals surface area (Å²) in [5, 5.41) is 5.14. The van der Waals surface area contributed by atoms with Gasteiger partial charge in [0, 0.05) is 11.1 Å². The summed E-state index contributed by atoms with van der Waals surface area (Å²) in [5.74, 6) is 1.81. The van der Waals surface area contributed by atoms with Crippen molar-refractivity contribution in [3.63, 3.8) is 0 Å². The zero-order valence-electron chi connectivity index (χ0n) is 15.7. The van der Waals surface area contributed by atoms with Crippen molar-refractivity contribution in [1.82, 2.24) is 5.32 Å². The van der Waals surface area contributed by atoms with Crippen LogP contribution in [0.25, 0.3) is 10.8 Å². The van der Waals surface area contributed by atoms with Crippen molar-refractivity contribution in [2.24, 2.45) is 0 Å². The number of rotatable bonds is 7. The van der Waals surface area contributed by atoms with Gasteiger partial charge in [-0.1, -0.05) is 30.3 Å². The zero-order valence-corrected chi connectivity index (χ0v) is 15.7. The normalized spacial score (nSPS) is 10.5. The van der Waals surface area contributed by atoms with Gasteiger partial charge < -0.3 is 19.5 Å². The molecule has 0 fully saturated rings. The van der Waals surface area contributed by atoms with Gasteiger partial charge in [-0.3, -0.25) is 4.79 Å². The van der Waals surface area contributed by atoms with Crippen molar-refractivity contribution in [3.8, 4) is 17.2 Å². The third kappa shape index (κ3) is 4.31. The first kappa shape index (κ1) is 18.6. The van der Waals surface area contributed by atoms with Crippen molar-refractivity contribution < 1.29 is 19.0 Å². The first-order valence-electron chi connectivity index (χ1n) is 8.75. The molecule has 0 aliphatic carbocycles. The van der Waals surface area contributed by atoms with E-state index < -0.39 is 0 Å². The van der Waals surface area contributed by atoms with Crippen molar-refractivity contribution in [1.29, 1.82) is 0 Å². The Bertz CT molecular complexity index is 927. The molecule has 140 valence electrons. The summed E-state index contributed by atoms with van der Waals surface area (Å²) >= 11 is 0. The maximum atomic E-state index is 12.4. The summed E-state index contributed by atoms with van der Waals surface area (Å²) in [6.07, 6.45) is 0. The second-order valence-corrected chi connectivity index (χ2v) is 6.12. The van der Waals surface area contributed by atoms with E-state index in [-0.39, 0.29) is 5.91 Å². The molecule has 0 aliphatic rings. The maximum absolute atomic E-state index is 12.4. The van der Waals surface area contributed by atoms with Crippen molar-refractivity contribution >= 4 is 16.7 Å². The van der Waals surface area contributed by atoms with E-state index in [1.807, 2.05) is 43.3 Å². The van der Waals surface area contributed by atoms with Crippen LogP contribution in [0.2, 0.25) is 0 Å². The molecule has 0 atom stereocenters. The number of ether oxygens (including phenoxy) is 3. The van der Waals surface area contributed by atoms with Crippen LogP contribution in [0.1, 0.15) is 15.9 Å². The summed E-state index contributed by atoms with van der Waals surface area (Å²) < 4.78 is 16.4. The molecule has 3 aromatic carbocycles. The summed E-state index contributed by atoms with van der Waals surface area (Å²) in [7, 11) is 3.14. The van der Waals surface area contributed by atoms with E-state index in [2.05, 4.69) is 11.4 Å². The Morgan fingerprint density at radius 1 is 0.926 bits per heavy atom. The second-order valence-electron chi connectivity index (χ2n) is 6.12. The topological polar surface area (TPSA) is 56.8 Å². The quantitative estimate of drug-likeness (QED) is 0.644. The lowest BCUT2D eigenvalue weighted by Gasteiger charge is -2.13. The predicted octanol–water partition coefficient (Wildman–Crippen LogP) is 3.97. The number of carbonyl (C=O) groups excluding carboxylic acids is 1. The number of nitrogens with one attached hydrogen (secondary N) is 1. The Labute approximate surface area is 158 Å². The molecule has 3 rings (SSSR count). The highest BCUT2D eigenvalue weighted by molar-refractivity contribution is 5.95. The van der Waals surface area contributed by atoms with E-state index >= 15 is 0 Å². The molecule has 27 heavy (non-hydrogen) atoms. The molecule has 0 radical (unpaired) electrons. The van der Waals surface area contributed by atoms with Crippen LogP contribution < -0.4 is 19.5 Å². The van der Waals surface area contributed by atoms with Gasteiger partial charge in [-0.2, -0.15) is 0 Å². The standard InChI is InChI=1S/C22H23NO4/c1-15-20(25-2)13-18(14-21(15)26-3)22(24)23-10-11-27-19-9-8-16-6-4-5-7-17(16)12-19/h4-9,12-14H,10-11H2,1-3H3,(H,23,24). The van der Waals surface area contributed by atoms with E-state index in [4.69, 9.17) is 14.2 Å². The van der Waals surface area contributed by atoms with Crippen LogP contribution in [0.3, 0.4) is 0 Å². The highest BCUT2D eigenvalue weighted by atomic mass is 16.5. The van der Waals surface area contributed by atoms with Crippen molar-refractivity contribution in [2.45, 2.75) is 6.92 Å². The molecule has 0 bridgehead atoms. The van der Waals surface area contributed by atoms with E-state index in [1.54, 1.807) is 26.4 Å². The van der Waals surface area contributed by atoms with Gasteiger partial charge >= 0.3 is 0 Å². The molecule has 0 heterocycles. The number of benzene rings is 3. The van der Waals surface area contributed by atoms with Crippen LogP contribution in [0.4, 0.5) is 0 Å². The number of amides is 1. The second kappa shape index (κ2) is 8.45. The average Bonchev–Trinajstić information content (AvgIpc) is 2.71. The molecular formula is C22H23NO4. The van der Waals surface area contributed by atoms with Gasteiger partial charge in [0.1, 0.15) is 23.9 Å². The van der Waals surface area contributed by atoms with Gasteiger partial charge in [-0.15, -0.1) is 0 Å². The zero-order chi connectivity index (χ0) is 19.2. The van der Waals surface area contributed by atoms with Crippen LogP contribution >= 0.6 is 0 Å². The highest BCUT2D eigenvalue weighted by Crippen LogP contribution is 2.29. The lowest BCUT2D eigenvalue weighted by atomic mass is 10.1. The molecule has 0 unspecified atom stereocenters. The smallest absolute Gasteiger partial charge is 0.251 e. The number of carbonyl (C=O) groups is 1. The third-order valence-electron chi connectivity index (χ3n) is 4.39. The molecular weight excluding hydrogens is 342 g/mol. The summed E-state index contributed by atoms with van der Waals surface area (Å²) in [6, 6.07) is 17.5. The van der Waals surface area contributed by atoms with Crippen molar-refractivity contribution in [2.75, 3.05) is 27.4 Å². The molecule has 0 aromatic heterocycles. The Kier molecular flexibility index (Phi) is 5.81. The number of hydrogen-bond donors (Lipinski definition) is 1. The fraction of sp³-hybridized carbons (Fsp3) is 0.227. The van der Waals surface area contributed by atoms with Gasteiger partial charge in [0.2, 0.25) is 0 Å². The molecule has 0 aliphatic heterocycles. The SMILES string of the molecule is COc1cc(C(=O)NCCOc2ccc3ccccc3c2)cc(OC)c1C. The molecule has 0 saturated carbocycles. The summed E-state index contributed by atoms with van der Waals surface area (Å²) in [5.41, 5.74) is 1.34. The molecule has 1 N–H and O–H groups in total. The van der Waals surface area contributed by atoms with Crippen LogP contribution in [-0.2, 0) is 0 Å². The van der Waals surface area contributed by atoms with Crippen LogP contribution in [0.5, 0.6) is 17.2 Å². The largest absolute Gasteiger partial charge is 0.496 e. The molecule has 0 saturated heterocycles. The van der Waals surface area contributed by atoms with E-state index in [1.165, 1.54) is 5.39 Å². The fourth-order valence-corrected chi connectivity index (χ4v) is 2.91. The van der Waals surface area contributed by atoms with Crippen LogP contribution in [-0.4, -0.2) is 33.3 Å². The third-order valence-corrected chi connectivity index (χ3v) is 4.39. The van der Waals surface area contributed by atoms with E-state index in [0.717, 1.165) is 16.7 Å². The number of hydrogen-bond acceptors (Lipinski definition) is 4. The lowest BCUT2D eigenvalue weighted by molar-refractivity contribution is 0.0946. The molecule has 3 aromatic rings. The maximum Gasteiger partial charge on any atom is 0.251 e. The Morgan fingerprint density at radius 2 is 1.59 bits per heavy atom. The minimum atomic E-state index is -0.200. The predicted molar refractivity (Wildman–Crippen MR) is 106 cm³/mol. The first-order valence-corrected chi connectivity index (χ1v) is 8.75. The Hall–Kier alpha value is -3.21. The first-order chi connectivity index (χ1) is 13.1. The number of fused-ring (bicyclic) bond motifs is 1. The van der Waals surface area contributed by atoms with Crippen LogP contribution in [0.15, 0.2) is 54.6 Å². The average molecular weight is 365 g/mol. The van der Waals surface area contributed by atoms with Crippen molar-refractivity contribution in [3.05, 3.63) is 65.7 Å². The number of methoxy groups -OCH3 is 2. The van der Waals surface area contributed by atoms with E-state index in [9.17, 15) is 4.79 Å². The highest BCUT2D eigenvalue weighted by Gasteiger charge is 2.13. The minimum absolute atomic E-state index is 0.200. The van der Waals surface area contributed by atoms with E-state index in [0.29, 0.717) is 30.2 Å². The molecule has 1 amide bonds. The molecule has 5 heteroatoms. The van der Waals surface area contributed by atoms with Gasteiger partial charge in [-0.25, -0.2) is 0 Å². The Balaban J connectivity index is 1.57. The van der Waals surface area contributed by atoms with Gasteiger partial charge in [-0.05, 0) is 42.0 Å². The lowest BCUT2D eigenvalue weighted by Crippen LogP contribution is -2.28. The van der Waals surface area contributed by atoms with Gasteiger partial charge in [0.25, 0.3) is 5.91 Å². The van der Waals surface area contributed by atoms with Crippen LogP contribution in [0, 0.1) is 6.92 Å². The monoisotopic (exact) mass is 365 g/mol. The molecule has 5 nitrogen and oxygen atoms in total. The fourth-order valence-electron chi connectivity index (χ4n) is 2.91. The summed E-state index contributed by atoms with van der Waals surface area (Å²) in [4.78, 5) is 12.4. The van der Waals surface area contributed by atoms with Gasteiger partial charge in [0.15, 0.2) is 0 Å². The molecule has 0 spiro atoms. The van der Waals surface area contributed by atoms with Gasteiger partial charge in [0.05, 0.1) is 20.8 Å². The summed E-state index contributed by atoms with van der Waals surface area (Å²) in [6.45, 7) is 2.66. The minimum Gasteiger partial charge on any atom is -0.496 e. The Morgan fingerprint density at radius 3 is 2.26 bits per heavy atom.